The highest BCUT2D eigenvalue weighted by Gasteiger charge is 2.45. The third-order valence-electron chi connectivity index (χ3n) is 3.31. The van der Waals surface area contributed by atoms with E-state index in [-0.39, 0.29) is 18.4 Å². The van der Waals surface area contributed by atoms with Crippen LogP contribution >= 0.6 is 0 Å². The minimum atomic E-state index is -0.625. The summed E-state index contributed by atoms with van der Waals surface area (Å²) in [7, 11) is 0. The molecule has 1 saturated heterocycles. The molecule has 1 heterocycles. The van der Waals surface area contributed by atoms with Crippen molar-refractivity contribution in [2.24, 2.45) is 11.3 Å². The molecule has 110 valence electrons. The molecule has 0 spiro atoms. The molecule has 0 bridgehead atoms. The quantitative estimate of drug-likeness (QED) is 0.847. The molecule has 5 heteroatoms. The van der Waals surface area contributed by atoms with Gasteiger partial charge in [0.05, 0.1) is 0 Å². The Kier molecular flexibility index (Phi) is 4.93. The zero-order valence-corrected chi connectivity index (χ0v) is 12.5. The topological polar surface area (TPSA) is 49.4 Å². The van der Waals surface area contributed by atoms with Crippen LogP contribution in [0.5, 0.6) is 0 Å². The maximum Gasteiger partial charge on any atom is 0.245 e. The molecule has 2 unspecified atom stereocenters. The van der Waals surface area contributed by atoms with Crippen LogP contribution in [0.3, 0.4) is 0 Å². The monoisotopic (exact) mass is 272 g/mol. The van der Waals surface area contributed by atoms with Gasteiger partial charge in [-0.2, -0.15) is 0 Å². The van der Waals surface area contributed by atoms with Gasteiger partial charge >= 0.3 is 0 Å². The van der Waals surface area contributed by atoms with E-state index in [0.717, 1.165) is 0 Å². The summed E-state index contributed by atoms with van der Waals surface area (Å²) in [5.74, 6) is -0.0373. The molecule has 1 N–H and O–H groups in total. The maximum absolute atomic E-state index is 12.7. The zero-order valence-electron chi connectivity index (χ0n) is 12.5. The first kappa shape index (κ1) is 15.9. The van der Waals surface area contributed by atoms with Crippen LogP contribution in [0, 0.1) is 11.3 Å². The molecule has 4 nitrogen and oxygen atoms in total. The molecular weight excluding hydrogens is 247 g/mol. The van der Waals surface area contributed by atoms with Crippen LogP contribution in [0.2, 0.25) is 0 Å². The zero-order chi connectivity index (χ0) is 14.8. The Morgan fingerprint density at radius 1 is 1.32 bits per heavy atom. The van der Waals surface area contributed by atoms with Crippen LogP contribution in [0.25, 0.3) is 0 Å². The predicted octanol–water partition coefficient (Wildman–Crippen LogP) is 1.74. The van der Waals surface area contributed by atoms with Gasteiger partial charge in [0.1, 0.15) is 18.8 Å². The second-order valence-electron chi connectivity index (χ2n) is 6.68. The highest BCUT2D eigenvalue weighted by Crippen LogP contribution is 2.28. The van der Waals surface area contributed by atoms with Gasteiger partial charge in [0.15, 0.2) is 0 Å². The molecule has 2 atom stereocenters. The number of piperazine rings is 1. The first-order chi connectivity index (χ1) is 8.68. The number of nitrogens with one attached hydrogen (secondary N) is 1. The van der Waals surface area contributed by atoms with Gasteiger partial charge in [0, 0.05) is 6.54 Å². The summed E-state index contributed by atoms with van der Waals surface area (Å²) in [6.45, 7) is 9.02. The van der Waals surface area contributed by atoms with Crippen molar-refractivity contribution in [3.05, 3.63) is 0 Å². The minimum absolute atomic E-state index is 0.0111. The van der Waals surface area contributed by atoms with Crippen molar-refractivity contribution < 1.29 is 14.0 Å². The average Bonchev–Trinajstić information content (AvgIpc) is 2.22. The van der Waals surface area contributed by atoms with Crippen molar-refractivity contribution in [3.8, 4) is 0 Å². The second kappa shape index (κ2) is 5.88. The van der Waals surface area contributed by atoms with E-state index in [9.17, 15) is 14.0 Å². The largest absolute Gasteiger partial charge is 0.342 e. The summed E-state index contributed by atoms with van der Waals surface area (Å²) in [5.41, 5.74) is -0.405. The lowest BCUT2D eigenvalue weighted by Gasteiger charge is -2.44. The lowest BCUT2D eigenvalue weighted by Crippen LogP contribution is -2.67. The Labute approximate surface area is 114 Å². The minimum Gasteiger partial charge on any atom is -0.342 e. The summed E-state index contributed by atoms with van der Waals surface area (Å²) in [6.07, 6.45) is 0.588. The van der Waals surface area contributed by atoms with Crippen molar-refractivity contribution in [2.45, 2.75) is 53.1 Å². The number of rotatable bonds is 4. The Morgan fingerprint density at radius 2 is 1.89 bits per heavy atom. The number of alkyl halides is 1. The summed E-state index contributed by atoms with van der Waals surface area (Å²) < 4.78 is 12.7. The Hall–Kier alpha value is -1.13. The van der Waals surface area contributed by atoms with Crippen LogP contribution < -0.4 is 5.32 Å². The molecule has 1 fully saturated rings. The van der Waals surface area contributed by atoms with Crippen LogP contribution in [-0.4, -0.2) is 42.0 Å². The molecule has 0 aliphatic carbocycles. The van der Waals surface area contributed by atoms with Gasteiger partial charge in [-0.25, -0.2) is 4.39 Å². The van der Waals surface area contributed by atoms with Gasteiger partial charge < -0.3 is 10.2 Å². The summed E-state index contributed by atoms with van der Waals surface area (Å²) in [5, 5.41) is 2.79. The molecule has 0 radical (unpaired) electrons. The van der Waals surface area contributed by atoms with Crippen molar-refractivity contribution in [2.75, 3.05) is 13.2 Å². The molecule has 19 heavy (non-hydrogen) atoms. The fraction of sp³-hybridized carbons (Fsp3) is 0.857. The predicted molar refractivity (Wildman–Crippen MR) is 72.3 cm³/mol. The normalized spacial score (nSPS) is 24.9. The standard InChI is InChI=1S/C14H25FN2O2/c1-9(2)8-10-13(19)17(7-6-15)11(12(18)16-10)14(3,4)5/h9-11H,6-8H2,1-5H3,(H,16,18). The van der Waals surface area contributed by atoms with Gasteiger partial charge in [-0.15, -0.1) is 0 Å². The van der Waals surface area contributed by atoms with E-state index in [4.69, 9.17) is 0 Å². The first-order valence-electron chi connectivity index (χ1n) is 6.85. The number of carbonyl (C=O) groups excluding carboxylic acids is 2. The number of hydrogen-bond acceptors (Lipinski definition) is 2. The lowest BCUT2D eigenvalue weighted by molar-refractivity contribution is -0.154. The molecule has 2 amide bonds. The van der Waals surface area contributed by atoms with Crippen LogP contribution in [0.15, 0.2) is 0 Å². The van der Waals surface area contributed by atoms with Crippen molar-refractivity contribution in [1.82, 2.24) is 10.2 Å². The van der Waals surface area contributed by atoms with Crippen molar-refractivity contribution in [3.63, 3.8) is 0 Å². The fourth-order valence-electron chi connectivity index (χ4n) is 2.60. The smallest absolute Gasteiger partial charge is 0.245 e. The summed E-state index contributed by atoms with van der Waals surface area (Å²) >= 11 is 0. The summed E-state index contributed by atoms with van der Waals surface area (Å²) in [4.78, 5) is 26.0. The van der Waals surface area contributed by atoms with E-state index in [0.29, 0.717) is 12.3 Å². The third kappa shape index (κ3) is 3.67. The second-order valence-corrected chi connectivity index (χ2v) is 6.68. The SMILES string of the molecule is CC(C)CC1NC(=O)C(C(C)(C)C)N(CCF)C1=O. The van der Waals surface area contributed by atoms with E-state index in [2.05, 4.69) is 5.32 Å². The molecule has 0 aromatic rings. The van der Waals surface area contributed by atoms with Gasteiger partial charge in [-0.1, -0.05) is 34.6 Å². The summed E-state index contributed by atoms with van der Waals surface area (Å²) in [6, 6.07) is -1.11. The highest BCUT2D eigenvalue weighted by molar-refractivity contribution is 5.97. The number of hydrogen-bond donors (Lipinski definition) is 1. The van der Waals surface area contributed by atoms with E-state index in [1.165, 1.54) is 4.90 Å². The fourth-order valence-corrected chi connectivity index (χ4v) is 2.60. The number of halogens is 1. The van der Waals surface area contributed by atoms with Gasteiger partial charge in [-0.05, 0) is 17.8 Å². The number of carbonyl (C=O) groups is 2. The number of nitrogens with zero attached hydrogens (tertiary/aromatic N) is 1. The van der Waals surface area contributed by atoms with Gasteiger partial charge in [-0.3, -0.25) is 9.59 Å². The van der Waals surface area contributed by atoms with Crippen LogP contribution in [-0.2, 0) is 9.59 Å². The third-order valence-corrected chi connectivity index (χ3v) is 3.31. The van der Waals surface area contributed by atoms with Gasteiger partial charge in [0.25, 0.3) is 0 Å². The van der Waals surface area contributed by atoms with E-state index >= 15 is 0 Å². The first-order valence-corrected chi connectivity index (χ1v) is 6.85. The molecule has 0 aromatic heterocycles. The molecule has 0 aromatic carbocycles. The van der Waals surface area contributed by atoms with E-state index < -0.39 is 24.2 Å². The van der Waals surface area contributed by atoms with Gasteiger partial charge in [0.2, 0.25) is 11.8 Å². The molecular formula is C14H25FN2O2. The Balaban J connectivity index is 2.99. The number of amides is 2. The Morgan fingerprint density at radius 3 is 2.32 bits per heavy atom. The maximum atomic E-state index is 12.7. The Bertz CT molecular complexity index is 350. The van der Waals surface area contributed by atoms with E-state index in [1.54, 1.807) is 0 Å². The van der Waals surface area contributed by atoms with E-state index in [1.807, 2.05) is 34.6 Å². The average molecular weight is 272 g/mol. The molecule has 1 aliphatic heterocycles. The van der Waals surface area contributed by atoms with Crippen LogP contribution in [0.4, 0.5) is 4.39 Å². The van der Waals surface area contributed by atoms with Crippen molar-refractivity contribution in [1.29, 1.82) is 0 Å². The van der Waals surface area contributed by atoms with Crippen molar-refractivity contribution >= 4 is 11.8 Å². The molecule has 0 saturated carbocycles. The highest BCUT2D eigenvalue weighted by atomic mass is 19.1. The molecule has 1 aliphatic rings. The molecule has 1 rings (SSSR count). The van der Waals surface area contributed by atoms with Crippen LogP contribution in [0.1, 0.15) is 41.0 Å². The lowest BCUT2D eigenvalue weighted by atomic mass is 9.82.